The van der Waals surface area contributed by atoms with Gasteiger partial charge in [-0.2, -0.15) is 0 Å². The summed E-state index contributed by atoms with van der Waals surface area (Å²) in [5, 5.41) is 10.2. The largest absolute Gasteiger partial charge is 0.360 e. The number of carbonyl (C=O) groups is 2. The predicted octanol–water partition coefficient (Wildman–Crippen LogP) is 4.43. The Kier molecular flexibility index (Phi) is 4.81. The van der Waals surface area contributed by atoms with E-state index in [-0.39, 0.29) is 12.1 Å². The minimum Gasteiger partial charge on any atom is -0.360 e. The lowest BCUT2D eigenvalue weighted by Crippen LogP contribution is -2.49. The molecular formula is C19H18Cl2N4O3. The van der Waals surface area contributed by atoms with Gasteiger partial charge < -0.3 is 15.2 Å². The van der Waals surface area contributed by atoms with Gasteiger partial charge in [0.05, 0.1) is 11.6 Å². The highest BCUT2D eigenvalue weighted by Crippen LogP contribution is 2.41. The van der Waals surface area contributed by atoms with Gasteiger partial charge in [-0.25, -0.2) is 4.79 Å². The zero-order valence-electron chi connectivity index (χ0n) is 15.3. The quantitative estimate of drug-likeness (QED) is 0.765. The standard InChI is InChI=1S/C19H18Cl2N4O3/c1-9-8-14(24-28-9)22-18(26)15-10(2)25(11-6-7-11)19(27)23-17(15)16-12(20)4-3-5-13(16)21/h3-5,8,11,17H,6-7H2,1-2H3,(H,23,27)(H,22,24,26). The lowest BCUT2D eigenvalue weighted by Gasteiger charge is -2.36. The topological polar surface area (TPSA) is 87.5 Å². The summed E-state index contributed by atoms with van der Waals surface area (Å²) in [6.07, 6.45) is 1.80. The highest BCUT2D eigenvalue weighted by Gasteiger charge is 2.43. The molecule has 2 aromatic rings. The van der Waals surface area contributed by atoms with Gasteiger partial charge in [0, 0.05) is 33.4 Å². The minimum absolute atomic E-state index is 0.0970. The zero-order chi connectivity index (χ0) is 20.0. The molecule has 2 heterocycles. The number of aryl methyl sites for hydroxylation is 1. The average molecular weight is 421 g/mol. The molecule has 0 saturated heterocycles. The second-order valence-corrected chi connectivity index (χ2v) is 7.71. The third-order valence-electron chi connectivity index (χ3n) is 4.84. The van der Waals surface area contributed by atoms with Gasteiger partial charge >= 0.3 is 6.03 Å². The van der Waals surface area contributed by atoms with Gasteiger partial charge in [0.2, 0.25) is 0 Å². The van der Waals surface area contributed by atoms with Crippen LogP contribution in [0.2, 0.25) is 10.0 Å². The molecule has 2 N–H and O–H groups in total. The van der Waals surface area contributed by atoms with Gasteiger partial charge in [-0.1, -0.05) is 34.4 Å². The SMILES string of the molecule is CC1=C(C(=O)Nc2cc(C)on2)C(c2c(Cl)cccc2Cl)NC(=O)N1C1CC1. The average Bonchev–Trinajstić information content (AvgIpc) is 3.36. The summed E-state index contributed by atoms with van der Waals surface area (Å²) in [5.41, 5.74) is 1.42. The molecule has 1 fully saturated rings. The second kappa shape index (κ2) is 7.14. The molecule has 2 aliphatic rings. The van der Waals surface area contributed by atoms with Crippen molar-refractivity contribution in [3.8, 4) is 0 Å². The first-order valence-electron chi connectivity index (χ1n) is 8.86. The molecule has 28 heavy (non-hydrogen) atoms. The Bertz CT molecular complexity index is 977. The maximum Gasteiger partial charge on any atom is 0.322 e. The maximum absolute atomic E-state index is 13.2. The van der Waals surface area contributed by atoms with E-state index in [9.17, 15) is 9.59 Å². The van der Waals surface area contributed by atoms with Crippen LogP contribution in [-0.2, 0) is 4.79 Å². The van der Waals surface area contributed by atoms with E-state index in [1.807, 2.05) is 0 Å². The zero-order valence-corrected chi connectivity index (χ0v) is 16.8. The molecule has 0 spiro atoms. The third-order valence-corrected chi connectivity index (χ3v) is 5.50. The molecule has 1 unspecified atom stereocenters. The molecular weight excluding hydrogens is 403 g/mol. The summed E-state index contributed by atoms with van der Waals surface area (Å²) >= 11 is 12.7. The van der Waals surface area contributed by atoms with Gasteiger partial charge in [0.15, 0.2) is 5.82 Å². The Morgan fingerprint density at radius 1 is 1.29 bits per heavy atom. The number of anilines is 1. The first kappa shape index (κ1) is 18.8. The number of hydrogen-bond donors (Lipinski definition) is 2. The highest BCUT2D eigenvalue weighted by molar-refractivity contribution is 6.36. The molecule has 0 bridgehead atoms. The van der Waals surface area contributed by atoms with Crippen LogP contribution in [0.4, 0.5) is 10.6 Å². The van der Waals surface area contributed by atoms with Crippen LogP contribution >= 0.6 is 23.2 Å². The fourth-order valence-electron chi connectivity index (χ4n) is 3.44. The molecule has 1 aliphatic carbocycles. The normalized spacial score (nSPS) is 19.6. The van der Waals surface area contributed by atoms with Gasteiger partial charge in [0.1, 0.15) is 5.76 Å². The van der Waals surface area contributed by atoms with E-state index in [1.54, 1.807) is 43.0 Å². The Balaban J connectivity index is 1.79. The van der Waals surface area contributed by atoms with Crippen LogP contribution in [0.3, 0.4) is 0 Å². The van der Waals surface area contributed by atoms with Crippen LogP contribution in [0.25, 0.3) is 0 Å². The van der Waals surface area contributed by atoms with Crippen LogP contribution in [0.15, 0.2) is 40.1 Å². The first-order chi connectivity index (χ1) is 13.4. The molecule has 1 atom stereocenters. The van der Waals surface area contributed by atoms with Crippen molar-refractivity contribution in [3.63, 3.8) is 0 Å². The molecule has 146 valence electrons. The van der Waals surface area contributed by atoms with Crippen molar-refractivity contribution < 1.29 is 14.1 Å². The summed E-state index contributed by atoms with van der Waals surface area (Å²) < 4.78 is 5.01. The van der Waals surface area contributed by atoms with E-state index in [0.717, 1.165) is 12.8 Å². The molecule has 7 nitrogen and oxygen atoms in total. The van der Waals surface area contributed by atoms with E-state index in [2.05, 4.69) is 15.8 Å². The summed E-state index contributed by atoms with van der Waals surface area (Å²) in [6, 6.07) is 5.73. The van der Waals surface area contributed by atoms with Crippen molar-refractivity contribution in [2.75, 3.05) is 5.32 Å². The molecule has 1 aromatic carbocycles. The number of nitrogens with zero attached hydrogens (tertiary/aromatic N) is 2. The van der Waals surface area contributed by atoms with E-state index in [4.69, 9.17) is 27.7 Å². The van der Waals surface area contributed by atoms with Crippen molar-refractivity contribution in [2.45, 2.75) is 38.8 Å². The molecule has 4 rings (SSSR count). The fourth-order valence-corrected chi connectivity index (χ4v) is 4.05. The van der Waals surface area contributed by atoms with Crippen molar-refractivity contribution in [3.05, 3.63) is 56.9 Å². The summed E-state index contributed by atoms with van der Waals surface area (Å²) in [6.45, 7) is 3.49. The van der Waals surface area contributed by atoms with Crippen LogP contribution in [0.1, 0.15) is 37.1 Å². The first-order valence-corrected chi connectivity index (χ1v) is 9.61. The number of nitrogens with one attached hydrogen (secondary N) is 2. The smallest absolute Gasteiger partial charge is 0.322 e. The summed E-state index contributed by atoms with van der Waals surface area (Å²) in [7, 11) is 0. The van der Waals surface area contributed by atoms with Crippen molar-refractivity contribution in [1.29, 1.82) is 0 Å². The van der Waals surface area contributed by atoms with Crippen LogP contribution in [0.5, 0.6) is 0 Å². The van der Waals surface area contributed by atoms with E-state index in [1.165, 1.54) is 0 Å². The van der Waals surface area contributed by atoms with Crippen LogP contribution in [0, 0.1) is 6.92 Å². The summed E-state index contributed by atoms with van der Waals surface area (Å²) in [4.78, 5) is 27.6. The number of aromatic nitrogens is 1. The molecule has 1 saturated carbocycles. The number of urea groups is 1. The number of hydrogen-bond acceptors (Lipinski definition) is 4. The second-order valence-electron chi connectivity index (χ2n) is 6.90. The number of benzene rings is 1. The van der Waals surface area contributed by atoms with Crippen molar-refractivity contribution in [2.24, 2.45) is 0 Å². The lowest BCUT2D eigenvalue weighted by molar-refractivity contribution is -0.113. The molecule has 3 amide bonds. The van der Waals surface area contributed by atoms with Gasteiger partial charge in [0.25, 0.3) is 5.91 Å². The van der Waals surface area contributed by atoms with E-state index < -0.39 is 11.9 Å². The van der Waals surface area contributed by atoms with Crippen LogP contribution < -0.4 is 10.6 Å². The molecule has 1 aliphatic heterocycles. The molecule has 1 aromatic heterocycles. The Morgan fingerprint density at radius 3 is 2.54 bits per heavy atom. The van der Waals surface area contributed by atoms with Gasteiger partial charge in [-0.15, -0.1) is 0 Å². The fraction of sp³-hybridized carbons (Fsp3) is 0.316. The Labute approximate surface area is 171 Å². The lowest BCUT2D eigenvalue weighted by atomic mass is 9.94. The highest BCUT2D eigenvalue weighted by atomic mass is 35.5. The molecule has 0 radical (unpaired) electrons. The molecule has 9 heteroatoms. The number of halogens is 2. The van der Waals surface area contributed by atoms with Gasteiger partial charge in [-0.05, 0) is 38.8 Å². The Hall–Kier alpha value is -2.51. The number of allylic oxidation sites excluding steroid dienone is 1. The monoisotopic (exact) mass is 420 g/mol. The number of amides is 3. The third kappa shape index (κ3) is 3.36. The van der Waals surface area contributed by atoms with E-state index in [0.29, 0.717) is 38.5 Å². The minimum atomic E-state index is -0.781. The maximum atomic E-state index is 13.2. The summed E-state index contributed by atoms with van der Waals surface area (Å²) in [5.74, 6) is 0.461. The number of rotatable bonds is 4. The van der Waals surface area contributed by atoms with Gasteiger partial charge in [-0.3, -0.25) is 9.69 Å². The number of carbonyl (C=O) groups excluding carboxylic acids is 2. The van der Waals surface area contributed by atoms with E-state index >= 15 is 0 Å². The van der Waals surface area contributed by atoms with Crippen molar-refractivity contribution >= 4 is 41.0 Å². The Morgan fingerprint density at radius 2 is 1.96 bits per heavy atom. The predicted molar refractivity (Wildman–Crippen MR) is 105 cm³/mol. The van der Waals surface area contributed by atoms with Crippen LogP contribution in [-0.4, -0.2) is 28.0 Å². The van der Waals surface area contributed by atoms with Crippen molar-refractivity contribution in [1.82, 2.24) is 15.4 Å².